The molecule has 3 rings (SSSR count). The number of rotatable bonds is 3. The third-order valence-corrected chi connectivity index (χ3v) is 5.35. The van der Waals surface area contributed by atoms with E-state index in [0.717, 1.165) is 25.9 Å². The van der Waals surface area contributed by atoms with E-state index < -0.39 is 5.41 Å². The molecule has 6 nitrogen and oxygen atoms in total. The van der Waals surface area contributed by atoms with Crippen LogP contribution < -0.4 is 11.1 Å². The van der Waals surface area contributed by atoms with Crippen LogP contribution in [-0.2, 0) is 4.79 Å². The number of hydrogen-bond acceptors (Lipinski definition) is 4. The van der Waals surface area contributed by atoms with Crippen molar-refractivity contribution >= 4 is 11.7 Å². The van der Waals surface area contributed by atoms with Crippen LogP contribution in [-0.4, -0.2) is 47.0 Å². The number of nitrogens with one attached hydrogen (secondary N) is 1. The molecule has 0 aromatic rings. The van der Waals surface area contributed by atoms with Crippen LogP contribution in [0.5, 0.6) is 0 Å². The summed E-state index contributed by atoms with van der Waals surface area (Å²) in [5, 5.41) is 15.2. The van der Waals surface area contributed by atoms with E-state index in [0.29, 0.717) is 24.8 Å². The van der Waals surface area contributed by atoms with Gasteiger partial charge in [-0.1, -0.05) is 12.1 Å². The van der Waals surface area contributed by atoms with Crippen molar-refractivity contribution in [2.24, 2.45) is 22.2 Å². The summed E-state index contributed by atoms with van der Waals surface area (Å²) in [6, 6.07) is 0.713. The smallest absolute Gasteiger partial charge is 0.234 e. The monoisotopic (exact) mass is 280 g/mol. The predicted molar refractivity (Wildman–Crippen MR) is 75.4 cm³/mol. The van der Waals surface area contributed by atoms with Crippen LogP contribution >= 0.6 is 0 Å². The Bertz CT molecular complexity index is 431. The number of fused-ring (bicyclic) bond motifs is 1. The van der Waals surface area contributed by atoms with Crippen LogP contribution in [0.2, 0.25) is 0 Å². The number of nitrogens with zero attached hydrogens (tertiary/aromatic N) is 2. The Balaban J connectivity index is 1.69. The Kier molecular flexibility index (Phi) is 3.36. The van der Waals surface area contributed by atoms with Gasteiger partial charge >= 0.3 is 0 Å². The number of carbonyl (C=O) groups is 1. The second-order valence-electron chi connectivity index (χ2n) is 6.69. The van der Waals surface area contributed by atoms with Crippen LogP contribution in [0.4, 0.5) is 0 Å². The van der Waals surface area contributed by atoms with Crippen LogP contribution in [0.3, 0.4) is 0 Å². The third kappa shape index (κ3) is 1.97. The van der Waals surface area contributed by atoms with Gasteiger partial charge in [0, 0.05) is 18.6 Å². The van der Waals surface area contributed by atoms with Gasteiger partial charge < -0.3 is 16.3 Å². The number of hydrogen-bond donors (Lipinski definition) is 3. The molecule has 1 aliphatic carbocycles. The summed E-state index contributed by atoms with van der Waals surface area (Å²) >= 11 is 0. The second kappa shape index (κ2) is 4.91. The van der Waals surface area contributed by atoms with Gasteiger partial charge in [0.25, 0.3) is 0 Å². The molecule has 20 heavy (non-hydrogen) atoms. The minimum absolute atomic E-state index is 0.0513. The molecule has 3 aliphatic rings. The molecule has 2 aliphatic heterocycles. The van der Waals surface area contributed by atoms with Crippen molar-refractivity contribution in [1.82, 2.24) is 10.2 Å². The largest absolute Gasteiger partial charge is 0.409 e. The lowest BCUT2D eigenvalue weighted by atomic mass is 9.61. The first-order valence-corrected chi connectivity index (χ1v) is 7.60. The molecule has 2 heterocycles. The highest BCUT2D eigenvalue weighted by molar-refractivity contribution is 6.07. The van der Waals surface area contributed by atoms with Crippen molar-refractivity contribution in [3.8, 4) is 0 Å². The van der Waals surface area contributed by atoms with E-state index >= 15 is 0 Å². The zero-order chi connectivity index (χ0) is 14.3. The quantitative estimate of drug-likeness (QED) is 0.304. The van der Waals surface area contributed by atoms with E-state index in [-0.39, 0.29) is 17.8 Å². The Morgan fingerprint density at radius 2 is 2.15 bits per heavy atom. The van der Waals surface area contributed by atoms with Crippen molar-refractivity contribution in [2.75, 3.05) is 13.1 Å². The van der Waals surface area contributed by atoms with Gasteiger partial charge in [0.2, 0.25) is 5.91 Å². The fourth-order valence-electron chi connectivity index (χ4n) is 4.29. The molecule has 2 unspecified atom stereocenters. The molecule has 6 heteroatoms. The van der Waals surface area contributed by atoms with E-state index in [1.807, 2.05) is 0 Å². The Morgan fingerprint density at radius 3 is 2.80 bits per heavy atom. The van der Waals surface area contributed by atoms with E-state index in [9.17, 15) is 4.79 Å². The lowest BCUT2D eigenvalue weighted by Gasteiger charge is -2.44. The average molecular weight is 280 g/mol. The molecule has 3 fully saturated rings. The van der Waals surface area contributed by atoms with Crippen LogP contribution in [0.1, 0.15) is 39.0 Å². The molecule has 1 amide bonds. The molecule has 4 N–H and O–H groups in total. The standard InChI is InChI=1S/C14H24N4O2/c1-9-7-14(8-9,12(15)17-20)13(19)16-10-4-6-18-5-2-3-11(10)18/h9-11,20H,2-8H2,1H3,(H2,15,17)(H,16,19). The summed E-state index contributed by atoms with van der Waals surface area (Å²) in [4.78, 5) is 15.1. The molecule has 112 valence electrons. The molecule has 1 saturated carbocycles. The zero-order valence-corrected chi connectivity index (χ0v) is 12.0. The maximum absolute atomic E-state index is 12.6. The van der Waals surface area contributed by atoms with E-state index in [1.54, 1.807) is 0 Å². The molecular weight excluding hydrogens is 256 g/mol. The first-order valence-electron chi connectivity index (χ1n) is 7.60. The summed E-state index contributed by atoms with van der Waals surface area (Å²) in [7, 11) is 0. The molecule has 0 aromatic heterocycles. The maximum atomic E-state index is 12.6. The van der Waals surface area contributed by atoms with Gasteiger partial charge in [-0.25, -0.2) is 0 Å². The van der Waals surface area contributed by atoms with Gasteiger partial charge in [0.15, 0.2) is 5.84 Å². The number of nitrogens with two attached hydrogens (primary N) is 1. The zero-order valence-electron chi connectivity index (χ0n) is 12.0. The number of amidine groups is 1. The lowest BCUT2D eigenvalue weighted by molar-refractivity contribution is -0.134. The summed E-state index contributed by atoms with van der Waals surface area (Å²) < 4.78 is 0. The van der Waals surface area contributed by atoms with Crippen molar-refractivity contribution in [2.45, 2.75) is 51.1 Å². The van der Waals surface area contributed by atoms with Crippen molar-refractivity contribution in [3.05, 3.63) is 0 Å². The van der Waals surface area contributed by atoms with Gasteiger partial charge in [0.05, 0.1) is 0 Å². The van der Waals surface area contributed by atoms with Gasteiger partial charge in [-0.05, 0) is 44.6 Å². The number of oxime groups is 1. The molecule has 0 bridgehead atoms. The van der Waals surface area contributed by atoms with Gasteiger partial charge in [-0.15, -0.1) is 0 Å². The summed E-state index contributed by atoms with van der Waals surface area (Å²) in [5.41, 5.74) is 5.01. The van der Waals surface area contributed by atoms with Crippen LogP contribution in [0.25, 0.3) is 0 Å². The first-order chi connectivity index (χ1) is 9.56. The minimum atomic E-state index is -0.778. The topological polar surface area (TPSA) is 91.0 Å². The predicted octanol–water partition coefficient (Wildman–Crippen LogP) is 0.502. The van der Waals surface area contributed by atoms with Gasteiger partial charge in [-0.3, -0.25) is 9.69 Å². The van der Waals surface area contributed by atoms with E-state index in [4.69, 9.17) is 10.9 Å². The molecule has 2 atom stereocenters. The second-order valence-corrected chi connectivity index (χ2v) is 6.69. The fourth-order valence-corrected chi connectivity index (χ4v) is 4.29. The van der Waals surface area contributed by atoms with E-state index in [2.05, 4.69) is 22.3 Å². The van der Waals surface area contributed by atoms with Gasteiger partial charge in [-0.2, -0.15) is 0 Å². The normalized spacial score (nSPS) is 41.2. The minimum Gasteiger partial charge on any atom is -0.409 e. The molecule has 2 saturated heterocycles. The van der Waals surface area contributed by atoms with Gasteiger partial charge in [0.1, 0.15) is 5.41 Å². The van der Waals surface area contributed by atoms with Crippen molar-refractivity contribution < 1.29 is 10.0 Å². The Hall–Kier alpha value is -1.30. The molecule has 0 radical (unpaired) electrons. The highest BCUT2D eigenvalue weighted by atomic mass is 16.4. The Labute approximate surface area is 119 Å². The highest BCUT2D eigenvalue weighted by Crippen LogP contribution is 2.46. The first kappa shape index (κ1) is 13.7. The number of carbonyl (C=O) groups excluding carboxylic acids is 1. The fraction of sp³-hybridized carbons (Fsp3) is 0.857. The van der Waals surface area contributed by atoms with E-state index in [1.165, 1.54) is 6.42 Å². The summed E-state index contributed by atoms with van der Waals surface area (Å²) in [6.45, 7) is 4.31. The molecular formula is C14H24N4O2. The SMILES string of the molecule is CC1CC(C(=O)NC2CCN3CCCC23)(C(N)=NO)C1. The van der Waals surface area contributed by atoms with Crippen molar-refractivity contribution in [1.29, 1.82) is 0 Å². The molecule has 0 aromatic carbocycles. The third-order valence-electron chi connectivity index (χ3n) is 5.35. The van der Waals surface area contributed by atoms with Crippen LogP contribution in [0, 0.1) is 11.3 Å². The highest BCUT2D eigenvalue weighted by Gasteiger charge is 2.53. The average Bonchev–Trinajstić information content (AvgIpc) is 2.98. The lowest BCUT2D eigenvalue weighted by Crippen LogP contribution is -2.59. The Morgan fingerprint density at radius 1 is 1.40 bits per heavy atom. The molecule has 0 spiro atoms. The van der Waals surface area contributed by atoms with Crippen molar-refractivity contribution in [3.63, 3.8) is 0 Å². The summed E-state index contributed by atoms with van der Waals surface area (Å²) in [6.07, 6.45) is 4.75. The maximum Gasteiger partial charge on any atom is 0.234 e. The van der Waals surface area contributed by atoms with Crippen LogP contribution in [0.15, 0.2) is 5.16 Å². The summed E-state index contributed by atoms with van der Waals surface area (Å²) in [5.74, 6) is 0.464. The number of amides is 1.